The molecule has 0 radical (unpaired) electrons. The third-order valence-electron chi connectivity index (χ3n) is 3.43. The van der Waals surface area contributed by atoms with Crippen LogP contribution in [0.1, 0.15) is 44.9 Å². The Hall–Kier alpha value is 0.690. The van der Waals surface area contributed by atoms with E-state index < -0.39 is 0 Å². The second-order valence-corrected chi connectivity index (χ2v) is 5.47. The minimum absolute atomic E-state index is 0.936. The molecule has 1 saturated carbocycles. The standard InChI is InChI=1S/C10H18IN/c11-12-8-4-7-10(12)9-5-2-1-3-6-9/h9-10H,1-8H2/t10-/m0/s1. The minimum Gasteiger partial charge on any atom is -0.244 e. The van der Waals surface area contributed by atoms with Crippen LogP contribution in [0.3, 0.4) is 0 Å². The molecule has 0 aromatic carbocycles. The molecule has 0 amide bonds. The second kappa shape index (κ2) is 4.27. The summed E-state index contributed by atoms with van der Waals surface area (Å²) < 4.78 is 2.56. The summed E-state index contributed by atoms with van der Waals surface area (Å²) in [6.07, 6.45) is 10.4. The summed E-state index contributed by atoms with van der Waals surface area (Å²) >= 11 is 2.53. The fourth-order valence-electron chi connectivity index (χ4n) is 2.74. The summed E-state index contributed by atoms with van der Waals surface area (Å²) in [5.41, 5.74) is 0. The van der Waals surface area contributed by atoms with Crippen LogP contribution in [-0.2, 0) is 0 Å². The van der Waals surface area contributed by atoms with Crippen molar-refractivity contribution in [1.29, 1.82) is 0 Å². The Morgan fingerprint density at radius 2 is 1.67 bits per heavy atom. The monoisotopic (exact) mass is 279 g/mol. The Morgan fingerprint density at radius 3 is 2.25 bits per heavy atom. The Kier molecular flexibility index (Phi) is 3.29. The molecular weight excluding hydrogens is 261 g/mol. The zero-order valence-corrected chi connectivity index (χ0v) is 9.79. The topological polar surface area (TPSA) is 3.24 Å². The number of nitrogens with zero attached hydrogens (tertiary/aromatic N) is 1. The third kappa shape index (κ3) is 1.95. The van der Waals surface area contributed by atoms with E-state index in [0.717, 1.165) is 12.0 Å². The zero-order valence-electron chi connectivity index (χ0n) is 7.64. The van der Waals surface area contributed by atoms with Crippen molar-refractivity contribution in [2.75, 3.05) is 6.54 Å². The van der Waals surface area contributed by atoms with Crippen molar-refractivity contribution in [1.82, 2.24) is 3.11 Å². The number of hydrogen-bond acceptors (Lipinski definition) is 1. The van der Waals surface area contributed by atoms with Crippen molar-refractivity contribution in [2.24, 2.45) is 5.92 Å². The highest BCUT2D eigenvalue weighted by molar-refractivity contribution is 14.1. The normalized spacial score (nSPS) is 34.2. The van der Waals surface area contributed by atoms with Gasteiger partial charge in [0.1, 0.15) is 0 Å². The van der Waals surface area contributed by atoms with Gasteiger partial charge in [-0.2, -0.15) is 0 Å². The van der Waals surface area contributed by atoms with E-state index in [4.69, 9.17) is 0 Å². The fourth-order valence-corrected chi connectivity index (χ4v) is 3.82. The summed E-state index contributed by atoms with van der Waals surface area (Å²) in [4.78, 5) is 0. The number of rotatable bonds is 1. The summed E-state index contributed by atoms with van der Waals surface area (Å²) in [5.74, 6) is 1.04. The van der Waals surface area contributed by atoms with Crippen LogP contribution in [-0.4, -0.2) is 15.7 Å². The molecule has 2 heteroatoms. The van der Waals surface area contributed by atoms with Crippen LogP contribution in [0.2, 0.25) is 0 Å². The average molecular weight is 279 g/mol. The molecule has 70 valence electrons. The van der Waals surface area contributed by atoms with Crippen molar-refractivity contribution < 1.29 is 0 Å². The molecule has 1 atom stereocenters. The smallest absolute Gasteiger partial charge is 0.0222 e. The highest BCUT2D eigenvalue weighted by Gasteiger charge is 2.30. The number of hydrogen-bond donors (Lipinski definition) is 0. The van der Waals surface area contributed by atoms with E-state index in [1.165, 1.54) is 51.5 Å². The Balaban J connectivity index is 1.89. The maximum atomic E-state index is 2.56. The molecule has 1 heterocycles. The SMILES string of the molecule is IN1CCC[C@H]1C1CCCCC1. The second-order valence-electron chi connectivity index (χ2n) is 4.23. The van der Waals surface area contributed by atoms with Crippen LogP contribution in [0.4, 0.5) is 0 Å². The maximum Gasteiger partial charge on any atom is 0.0222 e. The van der Waals surface area contributed by atoms with E-state index in [-0.39, 0.29) is 0 Å². The third-order valence-corrected chi connectivity index (χ3v) is 4.62. The highest BCUT2D eigenvalue weighted by Crippen LogP contribution is 2.35. The van der Waals surface area contributed by atoms with E-state index in [1.807, 2.05) is 0 Å². The van der Waals surface area contributed by atoms with Crippen LogP contribution in [0.15, 0.2) is 0 Å². The van der Waals surface area contributed by atoms with Gasteiger partial charge in [-0.1, -0.05) is 19.3 Å². The maximum absolute atomic E-state index is 2.56. The first-order valence-corrected chi connectivity index (χ1v) is 6.27. The molecule has 0 aromatic rings. The van der Waals surface area contributed by atoms with Crippen molar-refractivity contribution >= 4 is 22.9 Å². The van der Waals surface area contributed by atoms with Crippen LogP contribution >= 0.6 is 22.9 Å². The Labute approximate surface area is 89.4 Å². The van der Waals surface area contributed by atoms with Crippen LogP contribution < -0.4 is 0 Å². The summed E-state index contributed by atoms with van der Waals surface area (Å²) in [6.45, 7) is 1.34. The fraction of sp³-hybridized carbons (Fsp3) is 1.00. The first-order chi connectivity index (χ1) is 5.88. The van der Waals surface area contributed by atoms with E-state index in [1.54, 1.807) is 0 Å². The minimum atomic E-state index is 0.936. The van der Waals surface area contributed by atoms with Crippen molar-refractivity contribution in [2.45, 2.75) is 51.0 Å². The predicted octanol–water partition coefficient (Wildman–Crippen LogP) is 3.38. The van der Waals surface area contributed by atoms with E-state index in [0.29, 0.717) is 0 Å². The van der Waals surface area contributed by atoms with Gasteiger partial charge in [0, 0.05) is 35.5 Å². The molecule has 1 aliphatic heterocycles. The van der Waals surface area contributed by atoms with E-state index in [9.17, 15) is 0 Å². The molecule has 0 unspecified atom stereocenters. The van der Waals surface area contributed by atoms with Gasteiger partial charge in [-0.15, -0.1) is 0 Å². The molecule has 0 spiro atoms. The van der Waals surface area contributed by atoms with Gasteiger partial charge in [0.15, 0.2) is 0 Å². The van der Waals surface area contributed by atoms with Gasteiger partial charge in [0.25, 0.3) is 0 Å². The lowest BCUT2D eigenvalue weighted by molar-refractivity contribution is 0.248. The molecule has 0 bridgehead atoms. The van der Waals surface area contributed by atoms with Gasteiger partial charge in [-0.3, -0.25) is 0 Å². The zero-order chi connectivity index (χ0) is 8.39. The molecule has 2 fully saturated rings. The van der Waals surface area contributed by atoms with Gasteiger partial charge in [0.05, 0.1) is 0 Å². The van der Waals surface area contributed by atoms with Crippen molar-refractivity contribution in [3.8, 4) is 0 Å². The van der Waals surface area contributed by atoms with E-state index in [2.05, 4.69) is 26.0 Å². The molecule has 1 saturated heterocycles. The molecule has 1 nitrogen and oxygen atoms in total. The first kappa shape index (κ1) is 9.25. The van der Waals surface area contributed by atoms with Crippen molar-refractivity contribution in [3.63, 3.8) is 0 Å². The molecular formula is C10H18IN. The number of halogens is 1. The van der Waals surface area contributed by atoms with Crippen LogP contribution in [0.5, 0.6) is 0 Å². The molecule has 12 heavy (non-hydrogen) atoms. The van der Waals surface area contributed by atoms with Crippen molar-refractivity contribution in [3.05, 3.63) is 0 Å². The van der Waals surface area contributed by atoms with Gasteiger partial charge in [0.2, 0.25) is 0 Å². The lowest BCUT2D eigenvalue weighted by Crippen LogP contribution is -2.29. The summed E-state index contributed by atoms with van der Waals surface area (Å²) in [7, 11) is 0. The van der Waals surface area contributed by atoms with Crippen LogP contribution in [0, 0.1) is 5.92 Å². The lowest BCUT2D eigenvalue weighted by atomic mass is 9.83. The van der Waals surface area contributed by atoms with Crippen LogP contribution in [0.25, 0.3) is 0 Å². The quantitative estimate of drug-likeness (QED) is 0.525. The summed E-state index contributed by atoms with van der Waals surface area (Å²) in [5, 5.41) is 0. The molecule has 1 aliphatic carbocycles. The van der Waals surface area contributed by atoms with E-state index >= 15 is 0 Å². The summed E-state index contributed by atoms with van der Waals surface area (Å²) in [6, 6.07) is 0.936. The Morgan fingerprint density at radius 1 is 0.917 bits per heavy atom. The molecule has 2 aliphatic rings. The average Bonchev–Trinajstić information content (AvgIpc) is 2.53. The predicted molar refractivity (Wildman–Crippen MR) is 60.3 cm³/mol. The van der Waals surface area contributed by atoms with Gasteiger partial charge in [-0.05, 0) is 31.6 Å². The Bertz CT molecular complexity index is 143. The molecule has 2 rings (SSSR count). The van der Waals surface area contributed by atoms with Gasteiger partial charge < -0.3 is 0 Å². The first-order valence-electron chi connectivity index (χ1n) is 5.30. The lowest BCUT2D eigenvalue weighted by Gasteiger charge is -2.30. The highest BCUT2D eigenvalue weighted by atomic mass is 127. The molecule has 0 aromatic heterocycles. The van der Waals surface area contributed by atoms with Gasteiger partial charge in [-0.25, -0.2) is 3.11 Å². The van der Waals surface area contributed by atoms with Gasteiger partial charge >= 0.3 is 0 Å². The largest absolute Gasteiger partial charge is 0.244 e. The molecule has 0 N–H and O–H groups in total.